The minimum absolute atomic E-state index is 0.236. The number of aliphatic hydroxyl groups is 1. The summed E-state index contributed by atoms with van der Waals surface area (Å²) in [6, 6.07) is 4.67. The highest BCUT2D eigenvalue weighted by Crippen LogP contribution is 2.34. The first-order chi connectivity index (χ1) is 9.10. The SMILES string of the molecule is CCC1CCC(C(O)Cc2cc(F)ccc2Br)CC1. The molecule has 0 amide bonds. The monoisotopic (exact) mass is 328 g/mol. The van der Waals surface area contributed by atoms with Crippen LogP contribution in [0.1, 0.15) is 44.6 Å². The molecule has 1 saturated carbocycles. The number of hydrogen-bond donors (Lipinski definition) is 1. The van der Waals surface area contributed by atoms with Crippen LogP contribution in [0.2, 0.25) is 0 Å². The van der Waals surface area contributed by atoms with E-state index in [9.17, 15) is 9.50 Å². The number of hydrogen-bond acceptors (Lipinski definition) is 1. The Kier molecular flexibility index (Phi) is 5.40. The Balaban J connectivity index is 1.94. The summed E-state index contributed by atoms with van der Waals surface area (Å²) in [4.78, 5) is 0. The van der Waals surface area contributed by atoms with E-state index in [-0.39, 0.29) is 11.9 Å². The molecule has 106 valence electrons. The summed E-state index contributed by atoms with van der Waals surface area (Å²) in [7, 11) is 0. The van der Waals surface area contributed by atoms with Gasteiger partial charge in [0, 0.05) is 4.47 Å². The molecule has 0 heterocycles. The summed E-state index contributed by atoms with van der Waals surface area (Å²) in [5, 5.41) is 10.4. The van der Waals surface area contributed by atoms with Gasteiger partial charge < -0.3 is 5.11 Å². The van der Waals surface area contributed by atoms with Gasteiger partial charge in [-0.3, -0.25) is 0 Å². The lowest BCUT2D eigenvalue weighted by atomic mass is 9.77. The maximum Gasteiger partial charge on any atom is 0.123 e. The van der Waals surface area contributed by atoms with Crippen molar-refractivity contribution in [1.29, 1.82) is 0 Å². The number of aliphatic hydroxyl groups excluding tert-OH is 1. The molecule has 0 spiro atoms. The smallest absolute Gasteiger partial charge is 0.123 e. The predicted octanol–water partition coefficient (Wildman–Crippen LogP) is 4.71. The van der Waals surface area contributed by atoms with Crippen molar-refractivity contribution in [2.45, 2.75) is 51.6 Å². The van der Waals surface area contributed by atoms with Crippen LogP contribution >= 0.6 is 15.9 Å². The van der Waals surface area contributed by atoms with Gasteiger partial charge in [-0.15, -0.1) is 0 Å². The van der Waals surface area contributed by atoms with Gasteiger partial charge in [-0.1, -0.05) is 42.1 Å². The third kappa shape index (κ3) is 4.03. The summed E-state index contributed by atoms with van der Waals surface area (Å²) in [6.45, 7) is 2.24. The summed E-state index contributed by atoms with van der Waals surface area (Å²) in [5.74, 6) is 0.974. The van der Waals surface area contributed by atoms with Crippen molar-refractivity contribution in [3.8, 4) is 0 Å². The molecule has 1 fully saturated rings. The molecule has 0 bridgehead atoms. The molecule has 1 aliphatic carbocycles. The van der Waals surface area contributed by atoms with Crippen molar-refractivity contribution < 1.29 is 9.50 Å². The Labute approximate surface area is 123 Å². The van der Waals surface area contributed by atoms with E-state index in [4.69, 9.17) is 0 Å². The van der Waals surface area contributed by atoms with Crippen molar-refractivity contribution in [3.63, 3.8) is 0 Å². The fourth-order valence-electron chi connectivity index (χ4n) is 3.07. The fraction of sp³-hybridized carbons (Fsp3) is 0.625. The molecule has 1 nitrogen and oxygen atoms in total. The normalized spacial score (nSPS) is 25.3. The van der Waals surface area contributed by atoms with Crippen molar-refractivity contribution in [3.05, 3.63) is 34.1 Å². The van der Waals surface area contributed by atoms with E-state index < -0.39 is 0 Å². The molecule has 1 N–H and O–H groups in total. The molecule has 0 aromatic heterocycles. The fourth-order valence-corrected chi connectivity index (χ4v) is 3.48. The highest BCUT2D eigenvalue weighted by molar-refractivity contribution is 9.10. The summed E-state index contributed by atoms with van der Waals surface area (Å²) < 4.78 is 14.1. The van der Waals surface area contributed by atoms with E-state index in [1.807, 2.05) is 0 Å². The largest absolute Gasteiger partial charge is 0.392 e. The first-order valence-corrected chi connectivity index (χ1v) is 8.01. The maximum absolute atomic E-state index is 13.2. The average Bonchev–Trinajstić information content (AvgIpc) is 2.43. The van der Waals surface area contributed by atoms with Gasteiger partial charge in [0.05, 0.1) is 6.10 Å². The second-order valence-electron chi connectivity index (χ2n) is 5.70. The van der Waals surface area contributed by atoms with Crippen LogP contribution in [0.4, 0.5) is 4.39 Å². The van der Waals surface area contributed by atoms with Crippen LogP contribution in [-0.2, 0) is 6.42 Å². The van der Waals surface area contributed by atoms with Crippen LogP contribution in [-0.4, -0.2) is 11.2 Å². The van der Waals surface area contributed by atoms with Crippen LogP contribution in [0.5, 0.6) is 0 Å². The van der Waals surface area contributed by atoms with Gasteiger partial charge in [-0.05, 0) is 54.9 Å². The van der Waals surface area contributed by atoms with Crippen LogP contribution in [0.3, 0.4) is 0 Å². The Bertz CT molecular complexity index is 413. The van der Waals surface area contributed by atoms with Crippen LogP contribution in [0, 0.1) is 17.7 Å². The molecule has 1 atom stereocenters. The van der Waals surface area contributed by atoms with Crippen LogP contribution in [0.25, 0.3) is 0 Å². The van der Waals surface area contributed by atoms with Crippen molar-refractivity contribution >= 4 is 15.9 Å². The quantitative estimate of drug-likeness (QED) is 0.848. The topological polar surface area (TPSA) is 20.2 Å². The Hall–Kier alpha value is -0.410. The second kappa shape index (κ2) is 6.85. The minimum atomic E-state index is -0.351. The van der Waals surface area contributed by atoms with Gasteiger partial charge >= 0.3 is 0 Å². The first-order valence-electron chi connectivity index (χ1n) is 7.22. The number of halogens is 2. The molecule has 1 aromatic carbocycles. The molecule has 0 saturated heterocycles. The third-order valence-electron chi connectivity index (χ3n) is 4.45. The highest BCUT2D eigenvalue weighted by Gasteiger charge is 2.26. The van der Waals surface area contributed by atoms with Crippen LogP contribution in [0.15, 0.2) is 22.7 Å². The lowest BCUT2D eigenvalue weighted by Crippen LogP contribution is -2.27. The highest BCUT2D eigenvalue weighted by atomic mass is 79.9. The third-order valence-corrected chi connectivity index (χ3v) is 5.22. The molecule has 19 heavy (non-hydrogen) atoms. The molecule has 3 heteroatoms. The zero-order chi connectivity index (χ0) is 13.8. The predicted molar refractivity (Wildman–Crippen MR) is 79.5 cm³/mol. The molecule has 1 unspecified atom stereocenters. The first kappa shape index (κ1) is 15.0. The van der Waals surface area contributed by atoms with E-state index in [2.05, 4.69) is 22.9 Å². The van der Waals surface area contributed by atoms with Gasteiger partial charge in [0.2, 0.25) is 0 Å². The molecule has 1 aromatic rings. The standard InChI is InChI=1S/C16H22BrFO/c1-2-11-3-5-12(6-4-11)16(19)10-13-9-14(18)7-8-15(13)17/h7-9,11-12,16,19H,2-6,10H2,1H3. The Morgan fingerprint density at radius 2 is 2.00 bits per heavy atom. The number of benzene rings is 1. The molecular formula is C16H22BrFO. The summed E-state index contributed by atoms with van der Waals surface area (Å²) >= 11 is 3.43. The van der Waals surface area contributed by atoms with Gasteiger partial charge in [-0.25, -0.2) is 4.39 Å². The average molecular weight is 329 g/mol. The molecule has 0 radical (unpaired) electrons. The zero-order valence-corrected chi connectivity index (χ0v) is 13.0. The summed E-state index contributed by atoms with van der Waals surface area (Å²) in [5.41, 5.74) is 0.866. The van der Waals surface area contributed by atoms with Gasteiger partial charge in [-0.2, -0.15) is 0 Å². The van der Waals surface area contributed by atoms with E-state index in [1.54, 1.807) is 6.07 Å². The lowest BCUT2D eigenvalue weighted by molar-refractivity contribution is 0.0733. The van der Waals surface area contributed by atoms with E-state index in [0.717, 1.165) is 28.8 Å². The Morgan fingerprint density at radius 3 is 2.63 bits per heavy atom. The number of rotatable bonds is 4. The lowest BCUT2D eigenvalue weighted by Gasteiger charge is -2.31. The van der Waals surface area contributed by atoms with E-state index in [0.29, 0.717) is 12.3 Å². The second-order valence-corrected chi connectivity index (χ2v) is 6.55. The van der Waals surface area contributed by atoms with E-state index >= 15 is 0 Å². The Morgan fingerprint density at radius 1 is 1.32 bits per heavy atom. The van der Waals surface area contributed by atoms with Gasteiger partial charge in [0.25, 0.3) is 0 Å². The minimum Gasteiger partial charge on any atom is -0.392 e. The molecular weight excluding hydrogens is 307 g/mol. The molecule has 1 aliphatic rings. The molecule has 2 rings (SSSR count). The maximum atomic E-state index is 13.2. The molecule has 0 aliphatic heterocycles. The van der Waals surface area contributed by atoms with Gasteiger partial charge in [0.1, 0.15) is 5.82 Å². The summed E-state index contributed by atoms with van der Waals surface area (Å²) in [6.07, 6.45) is 6.10. The zero-order valence-electron chi connectivity index (χ0n) is 11.4. The van der Waals surface area contributed by atoms with Crippen LogP contribution < -0.4 is 0 Å². The van der Waals surface area contributed by atoms with E-state index in [1.165, 1.54) is 31.4 Å². The van der Waals surface area contributed by atoms with Gasteiger partial charge in [0.15, 0.2) is 0 Å². The van der Waals surface area contributed by atoms with Crippen molar-refractivity contribution in [2.75, 3.05) is 0 Å². The van der Waals surface area contributed by atoms with Crippen molar-refractivity contribution in [2.24, 2.45) is 11.8 Å². The van der Waals surface area contributed by atoms with Crippen molar-refractivity contribution in [1.82, 2.24) is 0 Å².